The van der Waals surface area contributed by atoms with Crippen molar-refractivity contribution in [1.29, 1.82) is 15.8 Å². The molecular weight excluding hydrogens is 332 g/mol. The normalized spacial score (nSPS) is 26.9. The molecule has 0 aromatic carbocycles. The van der Waals surface area contributed by atoms with Crippen LogP contribution in [0.4, 0.5) is 0 Å². The zero-order chi connectivity index (χ0) is 17.5. The highest BCUT2D eigenvalue weighted by Gasteiger charge is 2.63. The Bertz CT molecular complexity index is 729. The summed E-state index contributed by atoms with van der Waals surface area (Å²) in [5.41, 5.74) is 5.80. The minimum Gasteiger partial charge on any atom is -0.870 e. The Morgan fingerprint density at radius 2 is 1.69 bits per heavy atom. The van der Waals surface area contributed by atoms with Crippen LogP contribution in [0.3, 0.4) is 0 Å². The first-order valence-corrected chi connectivity index (χ1v) is 8.26. The average molecular weight is 357 g/mol. The van der Waals surface area contributed by atoms with Gasteiger partial charge in [0.15, 0.2) is 5.41 Å². The van der Waals surface area contributed by atoms with Crippen LogP contribution < -0.4 is 5.73 Å². The van der Waals surface area contributed by atoms with Crippen LogP contribution in [0.5, 0.6) is 0 Å². The number of nitrogens with two attached hydrogens (primary N) is 1. The molecule has 0 aromatic heterocycles. The lowest BCUT2D eigenvalue weighted by atomic mass is 9.47. The van der Waals surface area contributed by atoms with Gasteiger partial charge in [0.05, 0.1) is 23.4 Å². The second kappa shape index (κ2) is 7.45. The van der Waals surface area contributed by atoms with Gasteiger partial charge >= 0.3 is 0 Å². The zero-order valence-corrected chi connectivity index (χ0v) is 15.2. The number of nitriles is 3. The van der Waals surface area contributed by atoms with Crippen LogP contribution in [0.1, 0.15) is 12.8 Å². The third-order valence-corrected chi connectivity index (χ3v) is 6.19. The molecule has 1 fully saturated rings. The smallest absolute Gasteiger partial charge is 0.190 e. The number of nitrogens with zero attached hydrogens (tertiary/aromatic N) is 5. The summed E-state index contributed by atoms with van der Waals surface area (Å²) in [5, 5.41) is 29.7. The molecule has 2 aliphatic heterocycles. The molecule has 140 valence electrons. The molecule has 1 atom stereocenters. The summed E-state index contributed by atoms with van der Waals surface area (Å²) in [6, 6.07) is 6.67. The van der Waals surface area contributed by atoms with Crippen molar-refractivity contribution in [2.24, 2.45) is 22.5 Å². The third-order valence-electron chi connectivity index (χ3n) is 6.19. The maximum atomic E-state index is 10.0. The van der Waals surface area contributed by atoms with E-state index in [1.165, 1.54) is 0 Å². The van der Waals surface area contributed by atoms with Crippen LogP contribution in [-0.4, -0.2) is 61.0 Å². The van der Waals surface area contributed by atoms with Crippen molar-refractivity contribution in [3.63, 3.8) is 0 Å². The van der Waals surface area contributed by atoms with Crippen LogP contribution >= 0.6 is 0 Å². The van der Waals surface area contributed by atoms with Crippen LogP contribution in [0.2, 0.25) is 0 Å². The van der Waals surface area contributed by atoms with Crippen molar-refractivity contribution in [3.8, 4) is 18.2 Å². The summed E-state index contributed by atoms with van der Waals surface area (Å²) in [4.78, 5) is 4.41. The lowest BCUT2D eigenvalue weighted by molar-refractivity contribution is -0.00138. The second-order valence-corrected chi connectivity index (χ2v) is 7.27. The van der Waals surface area contributed by atoms with Gasteiger partial charge in [0.25, 0.3) is 0 Å². The number of likely N-dealkylation sites (tertiary alicyclic amines) is 1. The standard InChI is InChI=1S/C18H22N6.2H2O/c1-23-7-4-17(5-8-23)15-10-24(2)6-3-13(15)14(9-19)16(22)18(17,11-20)12-21;;/h3,15H,4-8,10,22H2,1-2H3;2*1H2/p-1. The second-order valence-electron chi connectivity index (χ2n) is 7.27. The molecule has 8 heteroatoms. The van der Waals surface area contributed by atoms with Crippen LogP contribution in [0.25, 0.3) is 0 Å². The Morgan fingerprint density at radius 1 is 1.12 bits per heavy atom. The van der Waals surface area contributed by atoms with Gasteiger partial charge < -0.3 is 26.5 Å². The van der Waals surface area contributed by atoms with Crippen molar-refractivity contribution in [2.75, 3.05) is 40.3 Å². The molecule has 1 spiro atoms. The number of piperidine rings is 1. The average Bonchev–Trinajstić information content (AvgIpc) is 2.59. The summed E-state index contributed by atoms with van der Waals surface area (Å²) in [6.45, 7) is 3.16. The van der Waals surface area contributed by atoms with Crippen molar-refractivity contribution < 1.29 is 11.0 Å². The van der Waals surface area contributed by atoms with Crippen molar-refractivity contribution in [1.82, 2.24) is 9.80 Å². The quantitative estimate of drug-likeness (QED) is 0.635. The summed E-state index contributed by atoms with van der Waals surface area (Å²) in [7, 11) is 4.09. The van der Waals surface area contributed by atoms with Crippen molar-refractivity contribution in [2.45, 2.75) is 12.8 Å². The predicted octanol–water partition coefficient (Wildman–Crippen LogP) is -0.0316. The van der Waals surface area contributed by atoms with E-state index >= 15 is 0 Å². The lowest BCUT2D eigenvalue weighted by Gasteiger charge is -2.56. The first-order valence-electron chi connectivity index (χ1n) is 8.26. The van der Waals surface area contributed by atoms with Crippen LogP contribution in [0.15, 0.2) is 22.9 Å². The molecule has 2 heterocycles. The van der Waals surface area contributed by atoms with Gasteiger partial charge in [0.2, 0.25) is 0 Å². The van der Waals surface area contributed by atoms with E-state index in [1.54, 1.807) is 0 Å². The number of rotatable bonds is 0. The molecule has 0 aromatic rings. The molecule has 0 bridgehead atoms. The highest BCUT2D eigenvalue weighted by Crippen LogP contribution is 2.61. The maximum Gasteiger partial charge on any atom is 0.190 e. The van der Waals surface area contributed by atoms with Crippen molar-refractivity contribution >= 4 is 0 Å². The molecule has 1 saturated heterocycles. The minimum atomic E-state index is -1.43. The number of fused-ring (bicyclic) bond motifs is 2. The molecule has 26 heavy (non-hydrogen) atoms. The Labute approximate surface area is 154 Å². The highest BCUT2D eigenvalue weighted by molar-refractivity contribution is 5.58. The van der Waals surface area contributed by atoms with Gasteiger partial charge in [-0.1, -0.05) is 6.08 Å². The summed E-state index contributed by atoms with van der Waals surface area (Å²) in [5.74, 6) is -0.00815. The fourth-order valence-electron chi connectivity index (χ4n) is 4.74. The molecule has 0 radical (unpaired) electrons. The fourth-order valence-corrected chi connectivity index (χ4v) is 4.74. The van der Waals surface area contributed by atoms with Gasteiger partial charge in [0, 0.05) is 24.4 Å². The molecule has 8 nitrogen and oxygen atoms in total. The molecule has 3 rings (SSSR count). The highest BCUT2D eigenvalue weighted by atomic mass is 16.0. The van der Waals surface area contributed by atoms with Crippen LogP contribution in [-0.2, 0) is 0 Å². The first-order chi connectivity index (χ1) is 11.5. The van der Waals surface area contributed by atoms with Gasteiger partial charge in [-0.25, -0.2) is 0 Å². The lowest BCUT2D eigenvalue weighted by Crippen LogP contribution is -2.59. The van der Waals surface area contributed by atoms with Gasteiger partial charge in [-0.15, -0.1) is 0 Å². The first kappa shape index (κ1) is 21.6. The number of hydrogen-bond donors (Lipinski definition) is 1. The van der Waals surface area contributed by atoms with E-state index in [0.29, 0.717) is 5.57 Å². The fraction of sp³-hybridized carbons (Fsp3) is 0.611. The van der Waals surface area contributed by atoms with E-state index < -0.39 is 10.8 Å². The Kier molecular flexibility index (Phi) is 6.20. The predicted molar refractivity (Wildman–Crippen MR) is 94.3 cm³/mol. The topological polar surface area (TPSA) is 165 Å². The van der Waals surface area contributed by atoms with Gasteiger partial charge in [-0.3, -0.25) is 0 Å². The van der Waals surface area contributed by atoms with Gasteiger partial charge in [0.1, 0.15) is 6.07 Å². The van der Waals surface area contributed by atoms with E-state index in [-0.39, 0.29) is 22.6 Å². The SMILES string of the molecule is CN1CCC2(CC1)C1CN(C)CC=C1C(C#N)=C(N)C2(C#N)C#N.O.[OH-]. The van der Waals surface area contributed by atoms with E-state index in [4.69, 9.17) is 5.73 Å². The zero-order valence-electron chi connectivity index (χ0n) is 15.2. The molecule has 1 aliphatic carbocycles. The molecular formula is C18H25N6O2-. The Hall–Kier alpha value is -2.41. The van der Waals surface area contributed by atoms with E-state index in [2.05, 4.69) is 41.1 Å². The summed E-state index contributed by atoms with van der Waals surface area (Å²) >= 11 is 0. The van der Waals surface area contributed by atoms with Crippen LogP contribution in [0, 0.1) is 50.7 Å². The summed E-state index contributed by atoms with van der Waals surface area (Å²) in [6.07, 6.45) is 3.53. The largest absolute Gasteiger partial charge is 0.870 e. The van der Waals surface area contributed by atoms with E-state index in [9.17, 15) is 15.8 Å². The maximum absolute atomic E-state index is 10.0. The number of likely N-dealkylation sites (N-methyl/N-ethyl adjacent to an activating group) is 1. The van der Waals surface area contributed by atoms with Gasteiger partial charge in [-0.05, 0) is 45.6 Å². The molecule has 5 N–H and O–H groups in total. The van der Waals surface area contributed by atoms with Gasteiger partial charge in [-0.2, -0.15) is 15.8 Å². The molecule has 3 aliphatic rings. The molecule has 0 saturated carbocycles. The van der Waals surface area contributed by atoms with Crippen molar-refractivity contribution in [3.05, 3.63) is 22.9 Å². The Morgan fingerprint density at radius 3 is 2.19 bits per heavy atom. The Balaban J connectivity index is 0.00000169. The summed E-state index contributed by atoms with van der Waals surface area (Å²) < 4.78 is 0. The minimum absolute atomic E-state index is 0. The number of hydrogen-bond acceptors (Lipinski definition) is 7. The monoisotopic (exact) mass is 357 g/mol. The van der Waals surface area contributed by atoms with E-state index in [1.807, 2.05) is 7.05 Å². The number of allylic oxidation sites excluding steroid dienone is 2. The molecule has 1 unspecified atom stereocenters. The van der Waals surface area contributed by atoms with E-state index in [0.717, 1.165) is 44.6 Å². The molecule has 0 amide bonds. The third kappa shape index (κ3) is 2.58.